The van der Waals surface area contributed by atoms with Crippen LogP contribution in [-0.4, -0.2) is 25.0 Å². The number of hydrogen-bond acceptors (Lipinski definition) is 3. The van der Waals surface area contributed by atoms with Crippen molar-refractivity contribution >= 4 is 40.7 Å². The molecule has 2 amide bonds. The maximum atomic E-state index is 12.2. The third-order valence-corrected chi connectivity index (χ3v) is 4.34. The van der Waals surface area contributed by atoms with Crippen LogP contribution in [0.1, 0.15) is 30.1 Å². The van der Waals surface area contributed by atoms with Gasteiger partial charge in [0.15, 0.2) is 0 Å². The van der Waals surface area contributed by atoms with Crippen molar-refractivity contribution in [1.82, 2.24) is 5.32 Å². The van der Waals surface area contributed by atoms with Crippen LogP contribution in [0.4, 0.5) is 5.69 Å². The highest BCUT2D eigenvalue weighted by Gasteiger charge is 2.12. The van der Waals surface area contributed by atoms with Crippen molar-refractivity contribution in [1.29, 1.82) is 0 Å². The Kier molecular flexibility index (Phi) is 7.75. The fourth-order valence-corrected chi connectivity index (χ4v) is 2.64. The molecular formula is C19H20Cl2N2O3. The van der Waals surface area contributed by atoms with E-state index in [1.165, 1.54) is 0 Å². The van der Waals surface area contributed by atoms with Gasteiger partial charge in [-0.3, -0.25) is 9.59 Å². The van der Waals surface area contributed by atoms with Crippen LogP contribution in [0.25, 0.3) is 0 Å². The Bertz CT molecular complexity index is 781. The molecule has 2 aromatic carbocycles. The molecule has 2 rings (SSSR count). The molecule has 2 N–H and O–H groups in total. The summed E-state index contributed by atoms with van der Waals surface area (Å²) in [5.74, 6) is 0.117. The summed E-state index contributed by atoms with van der Waals surface area (Å²) in [7, 11) is 0. The minimum Gasteiger partial charge on any atom is -0.493 e. The van der Waals surface area contributed by atoms with E-state index in [0.29, 0.717) is 46.6 Å². The molecule has 0 radical (unpaired) electrons. The zero-order valence-corrected chi connectivity index (χ0v) is 15.9. The molecule has 5 nitrogen and oxygen atoms in total. The number of carbonyl (C=O) groups is 2. The summed E-state index contributed by atoms with van der Waals surface area (Å²) in [5, 5.41) is 6.19. The number of benzene rings is 2. The van der Waals surface area contributed by atoms with Crippen LogP contribution in [0.15, 0.2) is 42.5 Å². The predicted octanol–water partition coefficient (Wildman–Crippen LogP) is 4.54. The predicted molar refractivity (Wildman–Crippen MR) is 104 cm³/mol. The summed E-state index contributed by atoms with van der Waals surface area (Å²) in [6, 6.07) is 12.1. The maximum absolute atomic E-state index is 12.2. The summed E-state index contributed by atoms with van der Waals surface area (Å²) in [4.78, 5) is 24.2. The third kappa shape index (κ3) is 5.64. The molecule has 0 unspecified atom stereocenters. The van der Waals surface area contributed by atoms with Crippen molar-refractivity contribution in [2.45, 2.75) is 19.8 Å². The van der Waals surface area contributed by atoms with E-state index in [1.807, 2.05) is 13.0 Å². The summed E-state index contributed by atoms with van der Waals surface area (Å²) in [5.41, 5.74) is 0.948. The van der Waals surface area contributed by atoms with Crippen molar-refractivity contribution in [2.75, 3.05) is 18.5 Å². The van der Waals surface area contributed by atoms with E-state index in [-0.39, 0.29) is 18.2 Å². The van der Waals surface area contributed by atoms with Gasteiger partial charge < -0.3 is 15.4 Å². The lowest BCUT2D eigenvalue weighted by Gasteiger charge is -2.11. The SMILES string of the molecule is CCOc1ccccc1C(=O)NCCCC(=O)Nc1cccc(Cl)c1Cl. The van der Waals surface area contributed by atoms with E-state index in [2.05, 4.69) is 10.6 Å². The van der Waals surface area contributed by atoms with Gasteiger partial charge in [0.1, 0.15) is 5.75 Å². The van der Waals surface area contributed by atoms with Crippen LogP contribution in [0.2, 0.25) is 10.0 Å². The minimum atomic E-state index is -0.229. The van der Waals surface area contributed by atoms with Gasteiger partial charge in [-0.05, 0) is 37.6 Å². The number of carbonyl (C=O) groups excluding carboxylic acids is 2. The average Bonchev–Trinajstić information content (AvgIpc) is 2.63. The monoisotopic (exact) mass is 394 g/mol. The first-order valence-electron chi connectivity index (χ1n) is 8.26. The second kappa shape index (κ2) is 10.0. The number of nitrogens with one attached hydrogen (secondary N) is 2. The molecule has 0 saturated heterocycles. The van der Waals surface area contributed by atoms with Gasteiger partial charge in [0.25, 0.3) is 5.91 Å². The van der Waals surface area contributed by atoms with E-state index in [0.717, 1.165) is 0 Å². The number of halogens is 2. The van der Waals surface area contributed by atoms with Gasteiger partial charge in [0.2, 0.25) is 5.91 Å². The highest BCUT2D eigenvalue weighted by atomic mass is 35.5. The van der Waals surface area contributed by atoms with E-state index in [1.54, 1.807) is 36.4 Å². The highest BCUT2D eigenvalue weighted by molar-refractivity contribution is 6.43. The Labute approximate surface area is 162 Å². The molecule has 0 fully saturated rings. The molecule has 0 spiro atoms. The van der Waals surface area contributed by atoms with Gasteiger partial charge >= 0.3 is 0 Å². The molecule has 0 atom stereocenters. The number of anilines is 1. The first-order chi connectivity index (χ1) is 12.5. The maximum Gasteiger partial charge on any atom is 0.255 e. The number of amides is 2. The smallest absolute Gasteiger partial charge is 0.255 e. The van der Waals surface area contributed by atoms with Crippen molar-refractivity contribution in [3.63, 3.8) is 0 Å². The van der Waals surface area contributed by atoms with Gasteiger partial charge in [-0.25, -0.2) is 0 Å². The quantitative estimate of drug-likeness (QED) is 0.645. The lowest BCUT2D eigenvalue weighted by atomic mass is 10.2. The van der Waals surface area contributed by atoms with Crippen LogP contribution in [0, 0.1) is 0 Å². The zero-order valence-electron chi connectivity index (χ0n) is 14.4. The Hall–Kier alpha value is -2.24. The largest absolute Gasteiger partial charge is 0.493 e. The number of rotatable bonds is 8. The summed E-state index contributed by atoms with van der Waals surface area (Å²) in [6.45, 7) is 2.71. The molecule has 0 aromatic heterocycles. The highest BCUT2D eigenvalue weighted by Crippen LogP contribution is 2.29. The van der Waals surface area contributed by atoms with Crippen molar-refractivity contribution in [3.05, 3.63) is 58.1 Å². The molecular weight excluding hydrogens is 375 g/mol. The van der Waals surface area contributed by atoms with Gasteiger partial charge in [-0.15, -0.1) is 0 Å². The van der Waals surface area contributed by atoms with Crippen molar-refractivity contribution in [2.24, 2.45) is 0 Å². The van der Waals surface area contributed by atoms with Crippen LogP contribution >= 0.6 is 23.2 Å². The molecule has 0 saturated carbocycles. The Morgan fingerprint density at radius 1 is 1.08 bits per heavy atom. The van der Waals surface area contributed by atoms with Gasteiger partial charge in [-0.1, -0.05) is 41.4 Å². The molecule has 0 heterocycles. The fourth-order valence-electron chi connectivity index (χ4n) is 2.29. The number of para-hydroxylation sites is 1. The topological polar surface area (TPSA) is 67.4 Å². The van der Waals surface area contributed by atoms with Crippen LogP contribution < -0.4 is 15.4 Å². The van der Waals surface area contributed by atoms with E-state index >= 15 is 0 Å². The zero-order chi connectivity index (χ0) is 18.9. The molecule has 26 heavy (non-hydrogen) atoms. The van der Waals surface area contributed by atoms with Crippen LogP contribution in [0.5, 0.6) is 5.75 Å². The first-order valence-corrected chi connectivity index (χ1v) is 9.02. The van der Waals surface area contributed by atoms with E-state index in [9.17, 15) is 9.59 Å². The molecule has 2 aromatic rings. The summed E-state index contributed by atoms with van der Waals surface area (Å²) < 4.78 is 5.44. The summed E-state index contributed by atoms with van der Waals surface area (Å²) >= 11 is 11.9. The lowest BCUT2D eigenvalue weighted by molar-refractivity contribution is -0.116. The second-order valence-electron chi connectivity index (χ2n) is 5.44. The number of ether oxygens (including phenoxy) is 1. The third-order valence-electron chi connectivity index (χ3n) is 3.52. The Morgan fingerprint density at radius 3 is 2.62 bits per heavy atom. The standard InChI is InChI=1S/C19H20Cl2N2O3/c1-2-26-16-10-4-3-7-13(16)19(25)22-12-6-11-17(24)23-15-9-5-8-14(20)18(15)21/h3-5,7-10H,2,6,11-12H2,1H3,(H,22,25)(H,23,24). The second-order valence-corrected chi connectivity index (χ2v) is 6.22. The molecule has 0 aliphatic rings. The summed E-state index contributed by atoms with van der Waals surface area (Å²) in [6.07, 6.45) is 0.739. The van der Waals surface area contributed by atoms with E-state index < -0.39 is 0 Å². The molecule has 0 aliphatic heterocycles. The Morgan fingerprint density at radius 2 is 1.85 bits per heavy atom. The van der Waals surface area contributed by atoms with Gasteiger partial charge in [0, 0.05) is 13.0 Å². The van der Waals surface area contributed by atoms with Crippen molar-refractivity contribution < 1.29 is 14.3 Å². The Balaban J connectivity index is 1.79. The lowest BCUT2D eigenvalue weighted by Crippen LogP contribution is -2.26. The molecule has 0 bridgehead atoms. The van der Waals surface area contributed by atoms with Gasteiger partial charge in [0.05, 0.1) is 27.9 Å². The molecule has 0 aliphatic carbocycles. The van der Waals surface area contributed by atoms with Crippen molar-refractivity contribution in [3.8, 4) is 5.75 Å². The first kappa shape index (κ1) is 20.1. The van der Waals surface area contributed by atoms with Crippen LogP contribution in [-0.2, 0) is 4.79 Å². The normalized spacial score (nSPS) is 10.3. The van der Waals surface area contributed by atoms with E-state index in [4.69, 9.17) is 27.9 Å². The fraction of sp³-hybridized carbons (Fsp3) is 0.263. The molecule has 7 heteroatoms. The van der Waals surface area contributed by atoms with Crippen LogP contribution in [0.3, 0.4) is 0 Å². The average molecular weight is 395 g/mol. The van der Waals surface area contributed by atoms with Gasteiger partial charge in [-0.2, -0.15) is 0 Å². The minimum absolute atomic E-state index is 0.196. The number of hydrogen-bond donors (Lipinski definition) is 2. The molecule has 138 valence electrons.